The predicted molar refractivity (Wildman–Crippen MR) is 79.9 cm³/mol. The fourth-order valence-corrected chi connectivity index (χ4v) is 2.74. The number of pyridine rings is 1. The third-order valence-corrected chi connectivity index (χ3v) is 3.86. The summed E-state index contributed by atoms with van der Waals surface area (Å²) in [7, 11) is 0. The van der Waals surface area contributed by atoms with Crippen molar-refractivity contribution in [2.45, 2.75) is 19.9 Å². The summed E-state index contributed by atoms with van der Waals surface area (Å²) in [6.07, 6.45) is 1.77. The third kappa shape index (κ3) is 2.04. The van der Waals surface area contributed by atoms with E-state index in [-0.39, 0.29) is 11.9 Å². The van der Waals surface area contributed by atoms with Crippen molar-refractivity contribution in [3.8, 4) is 0 Å². The van der Waals surface area contributed by atoms with Crippen molar-refractivity contribution in [1.82, 2.24) is 14.5 Å². The summed E-state index contributed by atoms with van der Waals surface area (Å²) in [5.74, 6) is -0.238. The quantitative estimate of drug-likeness (QED) is 0.718. The van der Waals surface area contributed by atoms with Gasteiger partial charge < -0.3 is 4.98 Å². The van der Waals surface area contributed by atoms with Crippen LogP contribution in [0.15, 0.2) is 36.5 Å². The molecule has 1 atom stereocenters. The molecule has 3 rings (SSSR count). The van der Waals surface area contributed by atoms with Gasteiger partial charge in [-0.25, -0.2) is 9.37 Å². The highest BCUT2D eigenvalue weighted by molar-refractivity contribution is 7.71. The number of aromatic nitrogens is 3. The van der Waals surface area contributed by atoms with Crippen LogP contribution in [0.4, 0.5) is 4.39 Å². The van der Waals surface area contributed by atoms with Gasteiger partial charge in [0.1, 0.15) is 5.82 Å². The van der Waals surface area contributed by atoms with Crippen molar-refractivity contribution in [3.63, 3.8) is 0 Å². The summed E-state index contributed by atoms with van der Waals surface area (Å²) in [5, 5.41) is 0. The van der Waals surface area contributed by atoms with Crippen LogP contribution in [-0.4, -0.2) is 14.5 Å². The summed E-state index contributed by atoms with van der Waals surface area (Å²) in [6.45, 7) is 4.04. The molecule has 1 N–H and O–H groups in total. The Morgan fingerprint density at radius 1 is 1.25 bits per heavy atom. The summed E-state index contributed by atoms with van der Waals surface area (Å²) < 4.78 is 15.6. The molecule has 2 heterocycles. The zero-order valence-corrected chi connectivity index (χ0v) is 12.0. The molecule has 0 aliphatic rings. The maximum atomic E-state index is 13.0. The number of hydrogen-bond donors (Lipinski definition) is 1. The van der Waals surface area contributed by atoms with Gasteiger partial charge in [-0.3, -0.25) is 4.57 Å². The molecule has 3 aromatic rings. The van der Waals surface area contributed by atoms with E-state index in [0.717, 1.165) is 22.3 Å². The van der Waals surface area contributed by atoms with Crippen LogP contribution in [0.5, 0.6) is 0 Å². The van der Waals surface area contributed by atoms with E-state index in [4.69, 9.17) is 12.2 Å². The maximum absolute atomic E-state index is 13.0. The Labute approximate surface area is 121 Å². The SMILES string of the molecule is Cc1ccnc2c1[nH]c(=S)n2C(C)c1ccc(F)cc1. The smallest absolute Gasteiger partial charge is 0.179 e. The largest absolute Gasteiger partial charge is 0.329 e. The number of hydrogen-bond acceptors (Lipinski definition) is 2. The summed E-state index contributed by atoms with van der Waals surface area (Å²) in [5.41, 5.74) is 3.87. The first-order valence-electron chi connectivity index (χ1n) is 6.39. The maximum Gasteiger partial charge on any atom is 0.179 e. The zero-order valence-electron chi connectivity index (χ0n) is 11.2. The topological polar surface area (TPSA) is 33.6 Å². The molecule has 0 radical (unpaired) electrons. The van der Waals surface area contributed by atoms with E-state index in [0.29, 0.717) is 4.77 Å². The molecule has 2 aromatic heterocycles. The second-order valence-corrected chi connectivity index (χ2v) is 5.24. The summed E-state index contributed by atoms with van der Waals surface area (Å²) in [6, 6.07) is 8.41. The van der Waals surface area contributed by atoms with Crippen LogP contribution in [0.25, 0.3) is 11.2 Å². The van der Waals surface area contributed by atoms with Crippen LogP contribution in [0.3, 0.4) is 0 Å². The van der Waals surface area contributed by atoms with E-state index >= 15 is 0 Å². The number of benzene rings is 1. The fourth-order valence-electron chi connectivity index (χ4n) is 2.39. The van der Waals surface area contributed by atoms with Crippen LogP contribution in [0.1, 0.15) is 24.1 Å². The molecule has 0 amide bonds. The van der Waals surface area contributed by atoms with Gasteiger partial charge in [0, 0.05) is 6.20 Å². The Kier molecular flexibility index (Phi) is 3.14. The molecule has 20 heavy (non-hydrogen) atoms. The minimum atomic E-state index is -0.238. The van der Waals surface area contributed by atoms with Crippen molar-refractivity contribution in [3.05, 3.63) is 58.2 Å². The minimum absolute atomic E-state index is 0.00819. The number of H-pyrrole nitrogens is 1. The van der Waals surface area contributed by atoms with Crippen LogP contribution < -0.4 is 0 Å². The number of nitrogens with one attached hydrogen (secondary N) is 1. The van der Waals surface area contributed by atoms with Crippen molar-refractivity contribution in [2.75, 3.05) is 0 Å². The van der Waals surface area contributed by atoms with Gasteiger partial charge in [0.15, 0.2) is 10.4 Å². The second kappa shape index (κ2) is 4.83. The molecule has 1 aromatic carbocycles. The molecular weight excluding hydrogens is 273 g/mol. The number of nitrogens with zero attached hydrogens (tertiary/aromatic N) is 2. The van der Waals surface area contributed by atoms with Crippen LogP contribution in [0.2, 0.25) is 0 Å². The average molecular weight is 287 g/mol. The molecule has 0 saturated carbocycles. The van der Waals surface area contributed by atoms with Gasteiger partial charge >= 0.3 is 0 Å². The van der Waals surface area contributed by atoms with Crippen LogP contribution in [-0.2, 0) is 0 Å². The van der Waals surface area contributed by atoms with E-state index in [9.17, 15) is 4.39 Å². The lowest BCUT2D eigenvalue weighted by atomic mass is 10.1. The second-order valence-electron chi connectivity index (χ2n) is 4.85. The molecule has 0 spiro atoms. The van der Waals surface area contributed by atoms with Crippen molar-refractivity contribution >= 4 is 23.4 Å². The molecule has 0 aliphatic heterocycles. The van der Waals surface area contributed by atoms with Crippen LogP contribution >= 0.6 is 12.2 Å². The van der Waals surface area contributed by atoms with Crippen LogP contribution in [0, 0.1) is 17.5 Å². The minimum Gasteiger partial charge on any atom is -0.329 e. The van der Waals surface area contributed by atoms with E-state index in [1.54, 1.807) is 18.3 Å². The molecule has 0 saturated heterocycles. The molecular formula is C15H14FN3S. The Balaban J connectivity index is 2.19. The average Bonchev–Trinajstić information content (AvgIpc) is 2.77. The van der Waals surface area contributed by atoms with E-state index in [2.05, 4.69) is 9.97 Å². The molecule has 3 nitrogen and oxygen atoms in total. The lowest BCUT2D eigenvalue weighted by Gasteiger charge is -2.14. The van der Waals surface area contributed by atoms with Gasteiger partial charge in [-0.2, -0.15) is 0 Å². The first-order valence-corrected chi connectivity index (χ1v) is 6.80. The number of rotatable bonds is 2. The van der Waals surface area contributed by atoms with Crippen molar-refractivity contribution in [1.29, 1.82) is 0 Å². The molecule has 0 bridgehead atoms. The Hall–Kier alpha value is -2.01. The number of aromatic amines is 1. The fraction of sp³-hybridized carbons (Fsp3) is 0.200. The highest BCUT2D eigenvalue weighted by Crippen LogP contribution is 2.24. The normalized spacial score (nSPS) is 12.8. The van der Waals surface area contributed by atoms with E-state index < -0.39 is 0 Å². The zero-order chi connectivity index (χ0) is 14.3. The van der Waals surface area contributed by atoms with Gasteiger partial charge in [-0.1, -0.05) is 12.1 Å². The third-order valence-electron chi connectivity index (χ3n) is 3.56. The highest BCUT2D eigenvalue weighted by atomic mass is 32.1. The van der Waals surface area contributed by atoms with Gasteiger partial charge in [0.25, 0.3) is 0 Å². The number of halogens is 1. The predicted octanol–water partition coefficient (Wildman–Crippen LogP) is 4.15. The first-order chi connectivity index (χ1) is 9.58. The van der Waals surface area contributed by atoms with Gasteiger partial charge in [0.05, 0.1) is 11.6 Å². The van der Waals surface area contributed by atoms with E-state index in [1.807, 2.05) is 24.5 Å². The van der Waals surface area contributed by atoms with Crippen molar-refractivity contribution < 1.29 is 4.39 Å². The van der Waals surface area contributed by atoms with Gasteiger partial charge in [-0.15, -0.1) is 0 Å². The lowest BCUT2D eigenvalue weighted by molar-refractivity contribution is 0.617. The molecule has 0 fully saturated rings. The van der Waals surface area contributed by atoms with Gasteiger partial charge in [-0.05, 0) is 55.4 Å². The number of imidazole rings is 1. The first kappa shape index (κ1) is 13.0. The Morgan fingerprint density at radius 3 is 2.65 bits per heavy atom. The van der Waals surface area contributed by atoms with E-state index in [1.165, 1.54) is 12.1 Å². The van der Waals surface area contributed by atoms with Crippen molar-refractivity contribution in [2.24, 2.45) is 0 Å². The standard InChI is InChI=1S/C15H14FN3S/c1-9-7-8-17-14-13(9)18-15(20)19(14)10(2)11-3-5-12(16)6-4-11/h3-8,10H,1-2H3,(H,18,20). The molecule has 0 aliphatic carbocycles. The molecule has 1 unspecified atom stereocenters. The summed E-state index contributed by atoms with van der Waals surface area (Å²) in [4.78, 5) is 7.62. The Morgan fingerprint density at radius 2 is 1.95 bits per heavy atom. The lowest BCUT2D eigenvalue weighted by Crippen LogP contribution is -2.07. The highest BCUT2D eigenvalue weighted by Gasteiger charge is 2.14. The molecule has 102 valence electrons. The summed E-state index contributed by atoms with van der Waals surface area (Å²) >= 11 is 5.41. The number of fused-ring (bicyclic) bond motifs is 1. The monoisotopic (exact) mass is 287 g/mol. The van der Waals surface area contributed by atoms with Gasteiger partial charge in [0.2, 0.25) is 0 Å². The number of aryl methyl sites for hydroxylation is 1. The Bertz CT molecular complexity index is 817. The molecule has 5 heteroatoms.